The molecule has 0 aliphatic carbocycles. The highest BCUT2D eigenvalue weighted by Gasteiger charge is 2.32. The Bertz CT molecular complexity index is 181. The standard InChI is InChI=1S/C7H11ClO3/c1-7(2,3)5(8)4(9)6(10)11/h5H,1-3H3,(H,10,11). The lowest BCUT2D eigenvalue weighted by molar-refractivity contribution is -0.149. The topological polar surface area (TPSA) is 54.4 Å². The summed E-state index contributed by atoms with van der Waals surface area (Å²) in [7, 11) is 0. The normalized spacial score (nSPS) is 14.2. The zero-order valence-electron chi connectivity index (χ0n) is 6.72. The fourth-order valence-corrected chi connectivity index (χ4v) is 0.595. The number of ketones is 1. The number of carbonyl (C=O) groups is 2. The molecule has 0 aromatic rings. The van der Waals surface area contributed by atoms with E-state index in [9.17, 15) is 9.59 Å². The van der Waals surface area contributed by atoms with Crippen LogP contribution in [0.15, 0.2) is 0 Å². The Morgan fingerprint density at radius 3 is 1.82 bits per heavy atom. The van der Waals surface area contributed by atoms with Crippen molar-refractivity contribution >= 4 is 23.4 Å². The third kappa shape index (κ3) is 2.89. The fraction of sp³-hybridized carbons (Fsp3) is 0.714. The average molecular weight is 179 g/mol. The smallest absolute Gasteiger partial charge is 0.373 e. The summed E-state index contributed by atoms with van der Waals surface area (Å²) < 4.78 is 0. The summed E-state index contributed by atoms with van der Waals surface area (Å²) in [6.45, 7) is 5.14. The van der Waals surface area contributed by atoms with Crippen LogP contribution in [-0.4, -0.2) is 22.2 Å². The maximum Gasteiger partial charge on any atom is 0.373 e. The Kier molecular flexibility index (Phi) is 3.05. The molecule has 0 saturated carbocycles. The van der Waals surface area contributed by atoms with E-state index in [0.717, 1.165) is 0 Å². The summed E-state index contributed by atoms with van der Waals surface area (Å²) in [4.78, 5) is 20.9. The van der Waals surface area contributed by atoms with Gasteiger partial charge in [0, 0.05) is 0 Å². The number of halogens is 1. The van der Waals surface area contributed by atoms with Gasteiger partial charge >= 0.3 is 5.97 Å². The largest absolute Gasteiger partial charge is 0.475 e. The first kappa shape index (κ1) is 10.4. The first-order chi connectivity index (χ1) is 4.76. The second-order valence-electron chi connectivity index (χ2n) is 3.40. The van der Waals surface area contributed by atoms with Gasteiger partial charge in [0.05, 0.1) is 0 Å². The molecule has 1 unspecified atom stereocenters. The van der Waals surface area contributed by atoms with E-state index in [1.54, 1.807) is 20.8 Å². The highest BCUT2D eigenvalue weighted by atomic mass is 35.5. The number of hydrogen-bond donors (Lipinski definition) is 1. The van der Waals surface area contributed by atoms with Crippen LogP contribution in [-0.2, 0) is 9.59 Å². The number of carboxylic acid groups (broad SMARTS) is 1. The van der Waals surface area contributed by atoms with E-state index in [2.05, 4.69) is 0 Å². The number of carbonyl (C=O) groups excluding carboxylic acids is 1. The van der Waals surface area contributed by atoms with E-state index >= 15 is 0 Å². The molecule has 0 aliphatic heterocycles. The predicted octanol–water partition coefficient (Wildman–Crippen LogP) is 1.29. The number of rotatable bonds is 2. The summed E-state index contributed by atoms with van der Waals surface area (Å²) in [5, 5.41) is 7.32. The van der Waals surface area contributed by atoms with E-state index in [1.807, 2.05) is 0 Å². The lowest BCUT2D eigenvalue weighted by Crippen LogP contribution is -2.34. The van der Waals surface area contributed by atoms with Crippen LogP contribution in [0.1, 0.15) is 20.8 Å². The van der Waals surface area contributed by atoms with Crippen LogP contribution < -0.4 is 0 Å². The molecule has 0 amide bonds. The van der Waals surface area contributed by atoms with Crippen molar-refractivity contribution in [1.82, 2.24) is 0 Å². The zero-order chi connectivity index (χ0) is 9.23. The van der Waals surface area contributed by atoms with E-state index in [-0.39, 0.29) is 0 Å². The summed E-state index contributed by atoms with van der Waals surface area (Å²) in [6, 6.07) is 0. The molecule has 0 bridgehead atoms. The molecule has 0 spiro atoms. The van der Waals surface area contributed by atoms with E-state index in [1.165, 1.54) is 0 Å². The van der Waals surface area contributed by atoms with Gasteiger partial charge in [-0.2, -0.15) is 0 Å². The molecule has 1 N–H and O–H groups in total. The lowest BCUT2D eigenvalue weighted by Gasteiger charge is -2.21. The third-order valence-corrected chi connectivity index (χ3v) is 2.05. The Balaban J connectivity index is 4.38. The molecule has 4 heteroatoms. The van der Waals surface area contributed by atoms with Gasteiger partial charge < -0.3 is 5.11 Å². The van der Waals surface area contributed by atoms with E-state index in [0.29, 0.717) is 0 Å². The van der Waals surface area contributed by atoms with Gasteiger partial charge in [-0.25, -0.2) is 4.79 Å². The number of aliphatic carboxylic acids is 1. The Morgan fingerprint density at radius 1 is 1.36 bits per heavy atom. The van der Waals surface area contributed by atoms with Crippen LogP contribution in [0.4, 0.5) is 0 Å². The minimum Gasteiger partial charge on any atom is -0.475 e. The van der Waals surface area contributed by atoms with Crippen molar-refractivity contribution in [2.45, 2.75) is 26.1 Å². The number of carboxylic acids is 1. The Labute approximate surface area is 70.3 Å². The second-order valence-corrected chi connectivity index (χ2v) is 3.83. The highest BCUT2D eigenvalue weighted by molar-refractivity contribution is 6.47. The molecular formula is C7H11ClO3. The molecule has 0 aromatic carbocycles. The molecule has 0 rings (SSSR count). The van der Waals surface area contributed by atoms with Crippen LogP contribution in [0.3, 0.4) is 0 Å². The first-order valence-electron chi connectivity index (χ1n) is 3.18. The predicted molar refractivity (Wildman–Crippen MR) is 41.7 cm³/mol. The number of alkyl halides is 1. The van der Waals surface area contributed by atoms with Gasteiger partial charge in [-0.3, -0.25) is 4.79 Å². The van der Waals surface area contributed by atoms with Crippen molar-refractivity contribution in [2.24, 2.45) is 5.41 Å². The summed E-state index contributed by atoms with van der Waals surface area (Å²) >= 11 is 5.57. The molecule has 0 aromatic heterocycles. The van der Waals surface area contributed by atoms with Crippen LogP contribution in [0.25, 0.3) is 0 Å². The first-order valence-corrected chi connectivity index (χ1v) is 3.61. The van der Waals surface area contributed by atoms with Gasteiger partial charge in [-0.1, -0.05) is 20.8 Å². The van der Waals surface area contributed by atoms with E-state index < -0.39 is 22.5 Å². The minimum absolute atomic E-state index is 0.503. The van der Waals surface area contributed by atoms with Gasteiger partial charge in [0.1, 0.15) is 5.38 Å². The average Bonchev–Trinajstić information content (AvgIpc) is 1.82. The molecule has 3 nitrogen and oxygen atoms in total. The molecule has 1 atom stereocenters. The maximum atomic E-state index is 10.8. The summed E-state index contributed by atoms with van der Waals surface area (Å²) in [5.74, 6) is -2.42. The third-order valence-electron chi connectivity index (χ3n) is 1.20. The van der Waals surface area contributed by atoms with Crippen molar-refractivity contribution in [3.8, 4) is 0 Å². The summed E-state index contributed by atoms with van der Waals surface area (Å²) in [6.07, 6.45) is 0. The second kappa shape index (κ2) is 3.22. The molecule has 0 fully saturated rings. The zero-order valence-corrected chi connectivity index (χ0v) is 7.47. The molecular weight excluding hydrogens is 168 g/mol. The van der Waals surface area contributed by atoms with E-state index in [4.69, 9.17) is 16.7 Å². The molecule has 0 radical (unpaired) electrons. The Morgan fingerprint density at radius 2 is 1.73 bits per heavy atom. The molecule has 0 heterocycles. The van der Waals surface area contributed by atoms with Gasteiger partial charge in [-0.05, 0) is 5.41 Å². The van der Waals surface area contributed by atoms with Crippen molar-refractivity contribution in [2.75, 3.05) is 0 Å². The molecule has 64 valence electrons. The van der Waals surface area contributed by atoms with Gasteiger partial charge in [0.25, 0.3) is 5.78 Å². The van der Waals surface area contributed by atoms with Gasteiger partial charge in [0.15, 0.2) is 0 Å². The minimum atomic E-state index is -1.47. The Hall–Kier alpha value is -0.570. The van der Waals surface area contributed by atoms with Crippen molar-refractivity contribution in [3.05, 3.63) is 0 Å². The van der Waals surface area contributed by atoms with Gasteiger partial charge in [-0.15, -0.1) is 11.6 Å². The van der Waals surface area contributed by atoms with Crippen LogP contribution in [0.5, 0.6) is 0 Å². The molecule has 11 heavy (non-hydrogen) atoms. The van der Waals surface area contributed by atoms with Crippen LogP contribution in [0, 0.1) is 5.41 Å². The number of Topliss-reactive ketones (excluding diaryl/α,β-unsaturated/α-hetero) is 1. The SMILES string of the molecule is CC(C)(C)C(Cl)C(=O)C(=O)O. The van der Waals surface area contributed by atoms with Crippen LogP contribution in [0.2, 0.25) is 0 Å². The fourth-order valence-electron chi connectivity index (χ4n) is 0.502. The molecule has 0 aliphatic rings. The highest BCUT2D eigenvalue weighted by Crippen LogP contribution is 2.24. The quantitative estimate of drug-likeness (QED) is 0.512. The number of hydrogen-bond acceptors (Lipinski definition) is 2. The maximum absolute atomic E-state index is 10.8. The molecule has 0 saturated heterocycles. The van der Waals surface area contributed by atoms with Crippen molar-refractivity contribution in [1.29, 1.82) is 0 Å². The van der Waals surface area contributed by atoms with Gasteiger partial charge in [0.2, 0.25) is 0 Å². The summed E-state index contributed by atoms with van der Waals surface area (Å²) in [5.41, 5.74) is -0.503. The monoisotopic (exact) mass is 178 g/mol. The van der Waals surface area contributed by atoms with Crippen molar-refractivity contribution in [3.63, 3.8) is 0 Å². The van der Waals surface area contributed by atoms with Crippen LogP contribution >= 0.6 is 11.6 Å². The lowest BCUT2D eigenvalue weighted by atomic mass is 9.89. The van der Waals surface area contributed by atoms with Crippen molar-refractivity contribution < 1.29 is 14.7 Å².